The summed E-state index contributed by atoms with van der Waals surface area (Å²) in [5.74, 6) is 0.974. The highest BCUT2D eigenvalue weighted by Crippen LogP contribution is 2.34. The lowest BCUT2D eigenvalue weighted by atomic mass is 9.88. The highest BCUT2D eigenvalue weighted by molar-refractivity contribution is 5.60. The molecule has 4 heteroatoms. The molecule has 1 unspecified atom stereocenters. The Labute approximate surface area is 107 Å². The van der Waals surface area contributed by atoms with Gasteiger partial charge in [-0.05, 0) is 31.4 Å². The largest absolute Gasteiger partial charge is 0.468 e. The van der Waals surface area contributed by atoms with Crippen LogP contribution in [-0.2, 0) is 16.1 Å². The quantitative estimate of drug-likeness (QED) is 0.722. The normalized spacial score (nSPS) is 27.8. The first-order valence-corrected chi connectivity index (χ1v) is 6.62. The van der Waals surface area contributed by atoms with Crippen LogP contribution in [0.2, 0.25) is 0 Å². The summed E-state index contributed by atoms with van der Waals surface area (Å²) in [4.78, 5) is 13.8. The second-order valence-electron chi connectivity index (χ2n) is 5.50. The molecule has 2 heterocycles. The third kappa shape index (κ3) is 2.49. The summed E-state index contributed by atoms with van der Waals surface area (Å²) in [5, 5.41) is 0. The van der Waals surface area contributed by atoms with Gasteiger partial charge in [-0.3, -0.25) is 4.90 Å². The summed E-state index contributed by atoms with van der Waals surface area (Å²) in [7, 11) is 0. The zero-order valence-electron chi connectivity index (χ0n) is 10.5. The fraction of sp³-hybridized carbons (Fsp3) is 0.643. The first-order valence-electron chi connectivity index (χ1n) is 6.62. The molecular formula is C14H19NO3. The second-order valence-corrected chi connectivity index (χ2v) is 5.50. The zero-order chi connectivity index (χ0) is 12.4. The maximum absolute atomic E-state index is 11.4. The Morgan fingerprint density at radius 3 is 2.94 bits per heavy atom. The van der Waals surface area contributed by atoms with E-state index in [1.54, 1.807) is 6.26 Å². The Morgan fingerprint density at radius 2 is 2.39 bits per heavy atom. The Kier molecular flexibility index (Phi) is 3.22. The molecule has 0 N–H and O–H groups in total. The molecule has 1 aliphatic carbocycles. The van der Waals surface area contributed by atoms with Crippen molar-refractivity contribution >= 4 is 6.29 Å². The van der Waals surface area contributed by atoms with Crippen molar-refractivity contribution in [3.8, 4) is 0 Å². The third-order valence-electron chi connectivity index (χ3n) is 3.90. The number of hydrogen-bond acceptors (Lipinski definition) is 4. The maximum atomic E-state index is 11.4. The Bertz CT molecular complexity index is 391. The van der Waals surface area contributed by atoms with Gasteiger partial charge in [-0.1, -0.05) is 0 Å². The monoisotopic (exact) mass is 249 g/mol. The molecule has 1 aromatic rings. The topological polar surface area (TPSA) is 42.7 Å². The molecule has 0 radical (unpaired) electrons. The number of carbonyl (C=O) groups is 1. The van der Waals surface area contributed by atoms with Crippen LogP contribution in [-0.4, -0.2) is 37.0 Å². The molecule has 1 aromatic heterocycles. The number of carbonyl (C=O) groups excluding carboxylic acids is 1. The van der Waals surface area contributed by atoms with Crippen LogP contribution in [0.3, 0.4) is 0 Å². The Morgan fingerprint density at radius 1 is 1.50 bits per heavy atom. The molecule has 3 rings (SSSR count). The van der Waals surface area contributed by atoms with Gasteiger partial charge in [0.25, 0.3) is 0 Å². The number of furan rings is 1. The summed E-state index contributed by atoms with van der Waals surface area (Å²) < 4.78 is 10.8. The van der Waals surface area contributed by atoms with Crippen molar-refractivity contribution in [3.05, 3.63) is 24.2 Å². The lowest BCUT2D eigenvalue weighted by Gasteiger charge is -2.29. The van der Waals surface area contributed by atoms with Crippen LogP contribution in [0, 0.1) is 5.41 Å². The molecule has 98 valence electrons. The number of aldehydes is 1. The molecule has 2 aliphatic rings. The molecule has 1 aliphatic heterocycles. The van der Waals surface area contributed by atoms with Crippen LogP contribution in [0.4, 0.5) is 0 Å². The van der Waals surface area contributed by atoms with E-state index in [-0.39, 0.29) is 5.41 Å². The Balaban J connectivity index is 1.68. The minimum atomic E-state index is -0.296. The fourth-order valence-corrected chi connectivity index (χ4v) is 2.64. The highest BCUT2D eigenvalue weighted by Gasteiger charge is 2.40. The van der Waals surface area contributed by atoms with E-state index in [0.29, 0.717) is 19.3 Å². The molecule has 1 saturated carbocycles. The first kappa shape index (κ1) is 11.9. The van der Waals surface area contributed by atoms with Crippen LogP contribution in [0.1, 0.15) is 25.0 Å². The summed E-state index contributed by atoms with van der Waals surface area (Å²) >= 11 is 0. The summed E-state index contributed by atoms with van der Waals surface area (Å²) in [6.45, 7) is 2.87. The lowest BCUT2D eigenvalue weighted by Crippen LogP contribution is -2.40. The van der Waals surface area contributed by atoms with Crippen molar-refractivity contribution < 1.29 is 13.9 Å². The summed E-state index contributed by atoms with van der Waals surface area (Å²) in [6.07, 6.45) is 6.11. The van der Waals surface area contributed by atoms with Crippen LogP contribution < -0.4 is 0 Å². The van der Waals surface area contributed by atoms with E-state index in [9.17, 15) is 4.79 Å². The zero-order valence-corrected chi connectivity index (χ0v) is 10.5. The summed E-state index contributed by atoms with van der Waals surface area (Å²) in [5.41, 5.74) is -0.296. The predicted octanol–water partition coefficient (Wildman–Crippen LogP) is 1.85. The molecule has 1 atom stereocenters. The van der Waals surface area contributed by atoms with Crippen molar-refractivity contribution in [2.24, 2.45) is 5.41 Å². The number of nitrogens with zero attached hydrogens (tertiary/aromatic N) is 1. The SMILES string of the molecule is O=CC1(CN(Cc2ccco2)C2CC2)CCOC1. The fourth-order valence-electron chi connectivity index (χ4n) is 2.64. The van der Waals surface area contributed by atoms with Gasteiger partial charge in [-0.25, -0.2) is 0 Å². The van der Waals surface area contributed by atoms with Gasteiger partial charge < -0.3 is 13.9 Å². The molecule has 0 amide bonds. The second kappa shape index (κ2) is 4.86. The van der Waals surface area contributed by atoms with Gasteiger partial charge in [0.1, 0.15) is 12.0 Å². The van der Waals surface area contributed by atoms with Crippen molar-refractivity contribution in [1.29, 1.82) is 0 Å². The molecule has 2 fully saturated rings. The maximum Gasteiger partial charge on any atom is 0.129 e. The van der Waals surface area contributed by atoms with Gasteiger partial charge in [0.15, 0.2) is 0 Å². The van der Waals surface area contributed by atoms with Gasteiger partial charge in [-0.2, -0.15) is 0 Å². The van der Waals surface area contributed by atoms with E-state index in [2.05, 4.69) is 4.90 Å². The minimum absolute atomic E-state index is 0.296. The van der Waals surface area contributed by atoms with E-state index >= 15 is 0 Å². The van der Waals surface area contributed by atoms with Gasteiger partial charge in [-0.15, -0.1) is 0 Å². The smallest absolute Gasteiger partial charge is 0.129 e. The van der Waals surface area contributed by atoms with Crippen LogP contribution in [0.15, 0.2) is 22.8 Å². The highest BCUT2D eigenvalue weighted by atomic mass is 16.5. The van der Waals surface area contributed by atoms with Crippen LogP contribution in [0.25, 0.3) is 0 Å². The van der Waals surface area contributed by atoms with Crippen LogP contribution in [0.5, 0.6) is 0 Å². The number of rotatable bonds is 6. The van der Waals surface area contributed by atoms with Crippen molar-refractivity contribution in [3.63, 3.8) is 0 Å². The molecule has 4 nitrogen and oxygen atoms in total. The third-order valence-corrected chi connectivity index (χ3v) is 3.90. The molecule has 0 aromatic carbocycles. The molecular weight excluding hydrogens is 230 g/mol. The van der Waals surface area contributed by atoms with Gasteiger partial charge in [0.2, 0.25) is 0 Å². The summed E-state index contributed by atoms with van der Waals surface area (Å²) in [6, 6.07) is 4.52. The molecule has 0 bridgehead atoms. The average molecular weight is 249 g/mol. The lowest BCUT2D eigenvalue weighted by molar-refractivity contribution is -0.117. The minimum Gasteiger partial charge on any atom is -0.468 e. The van der Waals surface area contributed by atoms with Crippen molar-refractivity contribution in [2.45, 2.75) is 31.8 Å². The van der Waals surface area contributed by atoms with Crippen molar-refractivity contribution in [1.82, 2.24) is 4.90 Å². The Hall–Kier alpha value is -1.13. The average Bonchev–Trinajstić information content (AvgIpc) is 2.92. The van der Waals surface area contributed by atoms with E-state index in [4.69, 9.17) is 9.15 Å². The van der Waals surface area contributed by atoms with Gasteiger partial charge in [0, 0.05) is 19.2 Å². The predicted molar refractivity (Wildman–Crippen MR) is 66.1 cm³/mol. The molecule has 1 saturated heterocycles. The molecule has 18 heavy (non-hydrogen) atoms. The first-order chi connectivity index (χ1) is 8.81. The molecule has 0 spiro atoms. The van der Waals surface area contributed by atoms with E-state index in [1.807, 2.05) is 12.1 Å². The number of ether oxygens (including phenoxy) is 1. The van der Waals surface area contributed by atoms with E-state index in [0.717, 1.165) is 31.6 Å². The van der Waals surface area contributed by atoms with Crippen molar-refractivity contribution in [2.75, 3.05) is 19.8 Å². The standard InChI is InChI=1S/C14H19NO3/c16-10-14(5-7-17-11-14)9-15(12-3-4-12)8-13-2-1-6-18-13/h1-2,6,10,12H,3-5,7-9,11H2. The van der Waals surface area contributed by atoms with Crippen LogP contribution >= 0.6 is 0 Å². The number of hydrogen-bond donors (Lipinski definition) is 0. The van der Waals surface area contributed by atoms with Gasteiger partial charge in [0.05, 0.1) is 24.8 Å². The van der Waals surface area contributed by atoms with Gasteiger partial charge >= 0.3 is 0 Å². The van der Waals surface area contributed by atoms with E-state index < -0.39 is 0 Å². The van der Waals surface area contributed by atoms with E-state index in [1.165, 1.54) is 12.8 Å².